The predicted molar refractivity (Wildman–Crippen MR) is 156 cm³/mol. The van der Waals surface area contributed by atoms with Crippen molar-refractivity contribution in [2.45, 2.75) is 11.8 Å². The highest BCUT2D eigenvalue weighted by atomic mass is 35.5. The third-order valence-corrected chi connectivity index (χ3v) is 6.76. The number of nitrogens with zero attached hydrogens (tertiary/aromatic N) is 1. The minimum absolute atomic E-state index is 0.0228. The van der Waals surface area contributed by atoms with Crippen LogP contribution in [0.2, 0.25) is 20.1 Å². The van der Waals surface area contributed by atoms with E-state index in [0.29, 0.717) is 31.2 Å². The molecule has 1 amide bonds. The van der Waals surface area contributed by atoms with Gasteiger partial charge in [-0.2, -0.15) is 0 Å². The van der Waals surface area contributed by atoms with Crippen LogP contribution in [0.5, 0.6) is 0 Å². The highest BCUT2D eigenvalue weighted by Gasteiger charge is 2.24. The molecule has 4 nitrogen and oxygen atoms in total. The number of hydrogen-bond acceptors (Lipinski definition) is 2. The Morgan fingerprint density at radius 3 is 0.974 bits per heavy atom. The number of amides is 1. The highest BCUT2D eigenvalue weighted by Crippen LogP contribution is 2.29. The summed E-state index contributed by atoms with van der Waals surface area (Å²) in [5.74, 6) is -1.94. The predicted octanol–water partition coefficient (Wildman–Crippen LogP) is 8.42. The standard InChI is InChI=1S/C16H15Cl2NO.C14H10Cl2O2/c1-19(2)16(20)15(11-3-7-13(17)8-4-11)12-5-9-14(18)10-6-12;15-11-5-1-9(2-6-11)13(14(17)18)10-3-7-12(16)8-4-10/h3-10,15H,1-2H3;1-8,13H,(H,17,18). The van der Waals surface area contributed by atoms with Gasteiger partial charge in [0.05, 0.1) is 5.92 Å². The molecule has 38 heavy (non-hydrogen) atoms. The van der Waals surface area contributed by atoms with Crippen LogP contribution in [0.3, 0.4) is 0 Å². The summed E-state index contributed by atoms with van der Waals surface area (Å²) in [5.41, 5.74) is 3.20. The average Bonchev–Trinajstić information content (AvgIpc) is 2.89. The zero-order chi connectivity index (χ0) is 27.8. The van der Waals surface area contributed by atoms with Crippen molar-refractivity contribution < 1.29 is 14.7 Å². The first-order chi connectivity index (χ1) is 18.1. The van der Waals surface area contributed by atoms with Crippen LogP contribution in [0.15, 0.2) is 97.1 Å². The van der Waals surface area contributed by atoms with Crippen molar-refractivity contribution in [3.8, 4) is 0 Å². The summed E-state index contributed by atoms with van der Waals surface area (Å²) in [6, 6.07) is 28.3. The van der Waals surface area contributed by atoms with E-state index >= 15 is 0 Å². The van der Waals surface area contributed by atoms with E-state index in [4.69, 9.17) is 46.4 Å². The smallest absolute Gasteiger partial charge is 0.315 e. The molecule has 4 rings (SSSR count). The summed E-state index contributed by atoms with van der Waals surface area (Å²) >= 11 is 23.4. The van der Waals surface area contributed by atoms with Gasteiger partial charge in [0.1, 0.15) is 5.92 Å². The Hall–Kier alpha value is -3.02. The summed E-state index contributed by atoms with van der Waals surface area (Å²) in [6.07, 6.45) is 0. The molecule has 0 saturated carbocycles. The number of halogens is 4. The Morgan fingerprint density at radius 1 is 0.526 bits per heavy atom. The minimum Gasteiger partial charge on any atom is -0.481 e. The molecule has 0 fully saturated rings. The molecule has 1 N–H and O–H groups in total. The molecule has 0 aromatic heterocycles. The first-order valence-electron chi connectivity index (χ1n) is 11.5. The van der Waals surface area contributed by atoms with Gasteiger partial charge in [-0.25, -0.2) is 0 Å². The van der Waals surface area contributed by atoms with E-state index in [1.54, 1.807) is 91.8 Å². The van der Waals surface area contributed by atoms with Gasteiger partial charge in [-0.1, -0.05) is 94.9 Å². The van der Waals surface area contributed by atoms with E-state index in [2.05, 4.69) is 0 Å². The van der Waals surface area contributed by atoms with E-state index in [1.807, 2.05) is 24.3 Å². The second kappa shape index (κ2) is 13.7. The Bertz CT molecular complexity index is 1260. The molecular weight excluding hydrogens is 564 g/mol. The van der Waals surface area contributed by atoms with Crippen molar-refractivity contribution in [2.75, 3.05) is 14.1 Å². The molecular formula is C30H25Cl4NO3. The van der Waals surface area contributed by atoms with E-state index in [1.165, 1.54) is 0 Å². The Morgan fingerprint density at radius 2 is 0.763 bits per heavy atom. The maximum atomic E-state index is 12.5. The first kappa shape index (κ1) is 29.5. The average molecular weight is 589 g/mol. The lowest BCUT2D eigenvalue weighted by Crippen LogP contribution is -2.28. The topological polar surface area (TPSA) is 57.6 Å². The SMILES string of the molecule is CN(C)C(=O)C(c1ccc(Cl)cc1)c1ccc(Cl)cc1.O=C(O)C(c1ccc(Cl)cc1)c1ccc(Cl)cc1. The number of carboxylic acid groups (broad SMARTS) is 1. The molecule has 0 atom stereocenters. The molecule has 0 heterocycles. The van der Waals surface area contributed by atoms with Crippen molar-refractivity contribution in [1.82, 2.24) is 4.90 Å². The molecule has 0 aliphatic rings. The molecule has 0 aliphatic carbocycles. The lowest BCUT2D eigenvalue weighted by molar-refractivity contribution is -0.137. The zero-order valence-electron chi connectivity index (χ0n) is 20.6. The Kier molecular flexibility index (Phi) is 10.6. The Balaban J connectivity index is 0.000000212. The molecule has 4 aromatic carbocycles. The number of rotatable bonds is 6. The largest absolute Gasteiger partial charge is 0.481 e. The van der Waals surface area contributed by atoms with Crippen LogP contribution in [-0.2, 0) is 9.59 Å². The van der Waals surface area contributed by atoms with Gasteiger partial charge in [-0.3, -0.25) is 9.59 Å². The van der Waals surface area contributed by atoms with Crippen LogP contribution in [0, 0.1) is 0 Å². The van der Waals surface area contributed by atoms with Gasteiger partial charge in [0.15, 0.2) is 0 Å². The van der Waals surface area contributed by atoms with Crippen LogP contribution in [-0.4, -0.2) is 36.0 Å². The molecule has 4 aromatic rings. The van der Waals surface area contributed by atoms with E-state index in [0.717, 1.165) is 11.1 Å². The van der Waals surface area contributed by atoms with Gasteiger partial charge in [0.25, 0.3) is 0 Å². The second-order valence-corrected chi connectivity index (χ2v) is 10.4. The molecule has 196 valence electrons. The van der Waals surface area contributed by atoms with Crippen LogP contribution in [0.25, 0.3) is 0 Å². The number of carboxylic acids is 1. The molecule has 0 saturated heterocycles. The fraction of sp³-hybridized carbons (Fsp3) is 0.133. The van der Waals surface area contributed by atoms with Gasteiger partial charge in [0, 0.05) is 34.2 Å². The fourth-order valence-corrected chi connectivity index (χ4v) is 4.34. The van der Waals surface area contributed by atoms with Crippen molar-refractivity contribution >= 4 is 58.3 Å². The van der Waals surface area contributed by atoms with Crippen LogP contribution < -0.4 is 0 Å². The summed E-state index contributed by atoms with van der Waals surface area (Å²) < 4.78 is 0. The first-order valence-corrected chi connectivity index (χ1v) is 13.0. The van der Waals surface area contributed by atoms with Gasteiger partial charge in [0.2, 0.25) is 5.91 Å². The molecule has 0 spiro atoms. The zero-order valence-corrected chi connectivity index (χ0v) is 23.6. The third kappa shape index (κ3) is 7.99. The fourth-order valence-electron chi connectivity index (χ4n) is 3.83. The highest BCUT2D eigenvalue weighted by molar-refractivity contribution is 6.31. The minimum atomic E-state index is -0.903. The molecule has 0 aliphatic heterocycles. The van der Waals surface area contributed by atoms with Crippen molar-refractivity contribution in [3.63, 3.8) is 0 Å². The van der Waals surface area contributed by atoms with Crippen molar-refractivity contribution in [3.05, 3.63) is 139 Å². The van der Waals surface area contributed by atoms with E-state index in [9.17, 15) is 14.7 Å². The van der Waals surface area contributed by atoms with Crippen LogP contribution in [0.1, 0.15) is 34.1 Å². The number of hydrogen-bond donors (Lipinski definition) is 1. The number of carbonyl (C=O) groups excluding carboxylic acids is 1. The normalized spacial score (nSPS) is 10.6. The maximum Gasteiger partial charge on any atom is 0.315 e. The quantitative estimate of drug-likeness (QED) is 0.246. The van der Waals surface area contributed by atoms with E-state index < -0.39 is 11.9 Å². The monoisotopic (exact) mass is 587 g/mol. The molecule has 0 unspecified atom stereocenters. The molecule has 0 radical (unpaired) electrons. The van der Waals surface area contributed by atoms with Crippen molar-refractivity contribution in [1.29, 1.82) is 0 Å². The molecule has 8 heteroatoms. The summed E-state index contributed by atoms with van der Waals surface area (Å²) in [5, 5.41) is 11.8. The number of benzene rings is 4. The molecule has 0 bridgehead atoms. The van der Waals surface area contributed by atoms with Gasteiger partial charge in [-0.05, 0) is 70.8 Å². The Labute approximate surface area is 242 Å². The third-order valence-electron chi connectivity index (χ3n) is 5.75. The number of aliphatic carboxylic acids is 1. The van der Waals surface area contributed by atoms with Gasteiger partial charge in [-0.15, -0.1) is 0 Å². The summed E-state index contributed by atoms with van der Waals surface area (Å²) in [6.45, 7) is 0. The lowest BCUT2D eigenvalue weighted by Gasteiger charge is -2.21. The maximum absolute atomic E-state index is 12.5. The second-order valence-electron chi connectivity index (χ2n) is 8.64. The number of carbonyl (C=O) groups is 2. The van der Waals surface area contributed by atoms with Crippen LogP contribution in [0.4, 0.5) is 0 Å². The summed E-state index contributed by atoms with van der Waals surface area (Å²) in [4.78, 5) is 25.5. The van der Waals surface area contributed by atoms with Crippen molar-refractivity contribution in [2.24, 2.45) is 0 Å². The van der Waals surface area contributed by atoms with Gasteiger partial charge < -0.3 is 10.0 Å². The summed E-state index contributed by atoms with van der Waals surface area (Å²) in [7, 11) is 3.50. The van der Waals surface area contributed by atoms with E-state index in [-0.39, 0.29) is 11.8 Å². The lowest BCUT2D eigenvalue weighted by atomic mass is 9.90. The van der Waals surface area contributed by atoms with Gasteiger partial charge >= 0.3 is 5.97 Å². The van der Waals surface area contributed by atoms with Crippen LogP contribution >= 0.6 is 46.4 Å². The number of likely N-dealkylation sites (N-methyl/N-ethyl adjacent to an activating group) is 1.